The minimum absolute atomic E-state index is 0.0343. The van der Waals surface area contributed by atoms with Gasteiger partial charge >= 0.3 is 5.97 Å². The average molecular weight is 864 g/mol. The van der Waals surface area contributed by atoms with E-state index in [9.17, 15) is 53.4 Å². The van der Waals surface area contributed by atoms with Gasteiger partial charge in [0.2, 0.25) is 47.3 Å². The van der Waals surface area contributed by atoms with E-state index in [0.29, 0.717) is 17.9 Å². The highest BCUT2D eigenvalue weighted by Crippen LogP contribution is 2.09. The van der Waals surface area contributed by atoms with Crippen LogP contribution >= 0.6 is 23.5 Å². The zero-order chi connectivity index (χ0) is 44.5. The lowest BCUT2D eigenvalue weighted by atomic mass is 10.0. The Balaban J connectivity index is 5.64. The molecule has 0 aromatic carbocycles. The van der Waals surface area contributed by atoms with Crippen LogP contribution in [0.5, 0.6) is 0 Å². The molecule has 0 radical (unpaired) electrons. The van der Waals surface area contributed by atoms with Gasteiger partial charge in [0, 0.05) is 0 Å². The molecule has 0 bridgehead atoms. The number of carbonyl (C=O) groups excluding carboxylic acids is 8. The van der Waals surface area contributed by atoms with Crippen LogP contribution in [-0.4, -0.2) is 150 Å². The van der Waals surface area contributed by atoms with Gasteiger partial charge < -0.3 is 58.5 Å². The molecule has 0 heterocycles. The van der Waals surface area contributed by atoms with E-state index in [4.69, 9.17) is 5.73 Å². The Morgan fingerprint density at radius 1 is 0.534 bits per heavy atom. The van der Waals surface area contributed by atoms with Gasteiger partial charge in [-0.1, -0.05) is 41.5 Å². The number of thioether (sulfide) groups is 2. The summed E-state index contributed by atoms with van der Waals surface area (Å²) in [7, 11) is 0. The number of aliphatic carboxylic acids is 1. The molecule has 0 aliphatic rings. The third kappa shape index (κ3) is 22.1. The minimum atomic E-state index is -1.53. The first-order valence-electron chi connectivity index (χ1n) is 19.1. The maximum absolute atomic E-state index is 13.5. The second-order valence-corrected chi connectivity index (χ2v) is 16.7. The van der Waals surface area contributed by atoms with Gasteiger partial charge in [0.15, 0.2) is 0 Å². The molecule has 22 heteroatoms. The Morgan fingerprint density at radius 2 is 0.948 bits per heavy atom. The average Bonchev–Trinajstić information content (AvgIpc) is 3.15. The molecule has 0 aromatic heterocycles. The number of hydrogen-bond acceptors (Lipinski definition) is 13. The minimum Gasteiger partial charge on any atom is -0.480 e. The first-order valence-corrected chi connectivity index (χ1v) is 21.9. The largest absolute Gasteiger partial charge is 0.480 e. The number of rotatable bonds is 29. The molecule has 0 unspecified atom stereocenters. The fraction of sp³-hybridized carbons (Fsp3) is 0.750. The summed E-state index contributed by atoms with van der Waals surface area (Å²) < 4.78 is 0. The molecule has 8 amide bonds. The second kappa shape index (κ2) is 29.1. The zero-order valence-electron chi connectivity index (χ0n) is 34.7. The number of hydrogen-bond donors (Lipinski definition) is 11. The van der Waals surface area contributed by atoms with Crippen LogP contribution in [0.1, 0.15) is 67.2 Å². The lowest BCUT2D eigenvalue weighted by Gasteiger charge is -2.27. The first-order chi connectivity index (χ1) is 27.2. The first kappa shape index (κ1) is 53.9. The molecular formula is C36H65N9O11S2. The van der Waals surface area contributed by atoms with Crippen molar-refractivity contribution >= 4 is 76.8 Å². The number of nitrogens with two attached hydrogens (primary N) is 1. The van der Waals surface area contributed by atoms with Crippen molar-refractivity contribution in [3.8, 4) is 0 Å². The molecule has 0 spiro atoms. The van der Waals surface area contributed by atoms with Gasteiger partial charge in [-0.2, -0.15) is 23.5 Å². The number of nitrogens with one attached hydrogen (secondary N) is 8. The van der Waals surface area contributed by atoms with E-state index in [-0.39, 0.29) is 37.6 Å². The zero-order valence-corrected chi connectivity index (χ0v) is 36.4. The van der Waals surface area contributed by atoms with Crippen LogP contribution in [0.25, 0.3) is 0 Å². The summed E-state index contributed by atoms with van der Waals surface area (Å²) in [4.78, 5) is 115. The number of amides is 8. The third-order valence-electron chi connectivity index (χ3n) is 8.30. The van der Waals surface area contributed by atoms with Gasteiger partial charge in [0.25, 0.3) is 0 Å². The Morgan fingerprint density at radius 3 is 1.36 bits per heavy atom. The molecule has 0 saturated carbocycles. The van der Waals surface area contributed by atoms with E-state index in [1.807, 2.05) is 20.1 Å². The summed E-state index contributed by atoms with van der Waals surface area (Å²) in [5.41, 5.74) is 5.40. The molecule has 0 aliphatic heterocycles. The number of aliphatic hydroxyl groups excluding tert-OH is 1. The van der Waals surface area contributed by atoms with E-state index in [0.717, 1.165) is 0 Å². The number of aliphatic hydroxyl groups is 1. The number of carbonyl (C=O) groups is 9. The van der Waals surface area contributed by atoms with Gasteiger partial charge in [0.1, 0.15) is 36.3 Å². The highest BCUT2D eigenvalue weighted by molar-refractivity contribution is 7.98. The Hall–Kier alpha value is -4.15. The molecule has 12 N–H and O–H groups in total. The summed E-state index contributed by atoms with van der Waals surface area (Å²) in [6.07, 6.45) is 4.44. The highest BCUT2D eigenvalue weighted by Gasteiger charge is 2.32. The van der Waals surface area contributed by atoms with E-state index < -0.39 is 115 Å². The molecule has 6 atom stereocenters. The summed E-state index contributed by atoms with van der Waals surface area (Å²) >= 11 is 2.87. The van der Waals surface area contributed by atoms with Gasteiger partial charge in [0.05, 0.1) is 26.2 Å². The quantitative estimate of drug-likeness (QED) is 0.0368. The maximum atomic E-state index is 13.5. The van der Waals surface area contributed by atoms with Crippen molar-refractivity contribution in [2.45, 2.75) is 103 Å². The van der Waals surface area contributed by atoms with Crippen molar-refractivity contribution in [2.75, 3.05) is 50.3 Å². The van der Waals surface area contributed by atoms with E-state index in [2.05, 4.69) is 42.5 Å². The smallest absolute Gasteiger partial charge is 0.326 e. The summed E-state index contributed by atoms with van der Waals surface area (Å²) in [5.74, 6) is -6.70. The van der Waals surface area contributed by atoms with Crippen LogP contribution in [0, 0.1) is 17.8 Å². The summed E-state index contributed by atoms with van der Waals surface area (Å²) in [5, 5.41) is 39.0. The van der Waals surface area contributed by atoms with Crippen LogP contribution < -0.4 is 48.3 Å². The molecule has 20 nitrogen and oxygen atoms in total. The third-order valence-corrected chi connectivity index (χ3v) is 9.59. The van der Waals surface area contributed by atoms with Crippen LogP contribution in [0.3, 0.4) is 0 Å². The van der Waals surface area contributed by atoms with Crippen LogP contribution in [-0.2, 0) is 43.2 Å². The standard InChI is InChI=1S/C36H65N9O11S2/c1-19(2)13-24(43-33(52)22(9-11-57-7)40-27(47)15-37)31(50)38-16-28(48)41-23(10-12-58-8)34(53)45-30(21(5)6)35(54)44-26(18-46)32(51)39-17-29(49)42-25(36(55)56)14-20(3)4/h19-26,30,46H,9-18,37H2,1-8H3,(H,38,50)(H,39,51)(H,40,47)(H,41,48)(H,42,49)(H,43,52)(H,44,54)(H,45,53)(H,55,56)/t22-,23-,24-,25-,26-,30-/m0/s1. The van der Waals surface area contributed by atoms with Gasteiger partial charge in [-0.05, 0) is 67.5 Å². The van der Waals surface area contributed by atoms with Gasteiger partial charge in [-0.3, -0.25) is 38.4 Å². The molecular weight excluding hydrogens is 799 g/mol. The van der Waals surface area contributed by atoms with Crippen LogP contribution in [0.2, 0.25) is 0 Å². The molecule has 0 aliphatic carbocycles. The van der Waals surface area contributed by atoms with E-state index in [1.165, 1.54) is 23.5 Å². The Bertz CT molecular complexity index is 1390. The molecule has 0 saturated heterocycles. The van der Waals surface area contributed by atoms with Crippen LogP contribution in [0.4, 0.5) is 0 Å². The Labute approximate surface area is 349 Å². The van der Waals surface area contributed by atoms with E-state index in [1.54, 1.807) is 34.0 Å². The van der Waals surface area contributed by atoms with Crippen molar-refractivity contribution in [1.29, 1.82) is 0 Å². The lowest BCUT2D eigenvalue weighted by Crippen LogP contribution is -2.59. The molecule has 0 aromatic rings. The summed E-state index contributed by atoms with van der Waals surface area (Å²) in [6.45, 7) is 8.11. The van der Waals surface area contributed by atoms with Crippen molar-refractivity contribution in [1.82, 2.24) is 42.5 Å². The summed E-state index contributed by atoms with van der Waals surface area (Å²) in [6, 6.07) is -7.08. The molecule has 0 fully saturated rings. The number of carboxylic acid groups (broad SMARTS) is 1. The molecule has 0 rings (SSSR count). The highest BCUT2D eigenvalue weighted by atomic mass is 32.2. The van der Waals surface area contributed by atoms with Crippen molar-refractivity contribution in [2.24, 2.45) is 23.5 Å². The van der Waals surface area contributed by atoms with Crippen LogP contribution in [0.15, 0.2) is 0 Å². The van der Waals surface area contributed by atoms with Crippen molar-refractivity contribution < 1.29 is 53.4 Å². The Kier molecular flexibility index (Phi) is 27.0. The predicted molar refractivity (Wildman–Crippen MR) is 221 cm³/mol. The fourth-order valence-electron chi connectivity index (χ4n) is 5.25. The fourth-order valence-corrected chi connectivity index (χ4v) is 6.19. The second-order valence-electron chi connectivity index (χ2n) is 14.7. The van der Waals surface area contributed by atoms with Gasteiger partial charge in [-0.25, -0.2) is 4.79 Å². The SMILES string of the molecule is CSCC[C@H](NC(=O)CN)C(=O)N[C@@H](CC(C)C)C(=O)NCC(=O)N[C@@H](CCSC)C(=O)N[C@H](C(=O)N[C@@H](CO)C(=O)NCC(=O)N[C@@H](CC(C)C)C(=O)O)C(C)C. The topological polar surface area (TPSA) is 316 Å². The normalized spacial score (nSPS) is 14.2. The molecule has 332 valence electrons. The monoisotopic (exact) mass is 863 g/mol. The predicted octanol–water partition coefficient (Wildman–Crippen LogP) is -2.58. The van der Waals surface area contributed by atoms with Crippen molar-refractivity contribution in [3.63, 3.8) is 0 Å². The van der Waals surface area contributed by atoms with Gasteiger partial charge in [-0.15, -0.1) is 0 Å². The van der Waals surface area contributed by atoms with E-state index >= 15 is 0 Å². The maximum Gasteiger partial charge on any atom is 0.326 e. The lowest BCUT2D eigenvalue weighted by molar-refractivity contribution is -0.142. The molecule has 58 heavy (non-hydrogen) atoms. The van der Waals surface area contributed by atoms with Crippen molar-refractivity contribution in [3.05, 3.63) is 0 Å². The number of carboxylic acids is 1.